The molecule has 2 N–H and O–H groups in total. The normalized spacial score (nSPS) is 11.0. The molecule has 0 atom stereocenters. The second kappa shape index (κ2) is 8.52. The molecule has 0 saturated carbocycles. The Balaban J connectivity index is 1.75. The van der Waals surface area contributed by atoms with Gasteiger partial charge >= 0.3 is 0 Å². The molecule has 0 heterocycles. The van der Waals surface area contributed by atoms with Crippen molar-refractivity contribution in [1.82, 2.24) is 0 Å². The SMILES string of the molecule is Cc1c(Cl)cccc1NC(=O)c1ccc(NS(=O)(=O)c2cccc([N+](=O)[O-])c2)cc1. The summed E-state index contributed by atoms with van der Waals surface area (Å²) in [6.07, 6.45) is 0. The van der Waals surface area contributed by atoms with Gasteiger partial charge in [-0.1, -0.05) is 23.7 Å². The number of rotatable bonds is 6. The Morgan fingerprint density at radius 3 is 2.37 bits per heavy atom. The van der Waals surface area contributed by atoms with Crippen LogP contribution in [0.5, 0.6) is 0 Å². The van der Waals surface area contributed by atoms with Gasteiger partial charge in [0.2, 0.25) is 0 Å². The average molecular weight is 446 g/mol. The Bertz CT molecular complexity index is 1230. The highest BCUT2D eigenvalue weighted by Gasteiger charge is 2.18. The second-order valence-electron chi connectivity index (χ2n) is 6.30. The standard InChI is InChI=1S/C20H16ClN3O5S/c1-13-18(21)6-3-7-19(13)22-20(25)14-8-10-15(11-9-14)23-30(28,29)17-5-2-4-16(12-17)24(26)27/h2-12,23H,1H3,(H,22,25). The van der Waals surface area contributed by atoms with Gasteiger partial charge in [-0.05, 0) is 55.0 Å². The van der Waals surface area contributed by atoms with Gasteiger partial charge in [0, 0.05) is 34.1 Å². The van der Waals surface area contributed by atoms with Crippen LogP contribution in [0.3, 0.4) is 0 Å². The van der Waals surface area contributed by atoms with Gasteiger partial charge in [-0.25, -0.2) is 8.42 Å². The van der Waals surface area contributed by atoms with Gasteiger partial charge in [0.15, 0.2) is 0 Å². The zero-order chi connectivity index (χ0) is 21.9. The third-order valence-electron chi connectivity index (χ3n) is 4.25. The number of nitrogens with zero attached hydrogens (tertiary/aromatic N) is 1. The summed E-state index contributed by atoms with van der Waals surface area (Å²) in [6.45, 7) is 1.78. The number of halogens is 1. The van der Waals surface area contributed by atoms with Crippen molar-refractivity contribution in [2.24, 2.45) is 0 Å². The van der Waals surface area contributed by atoms with Gasteiger partial charge in [-0.3, -0.25) is 19.6 Å². The summed E-state index contributed by atoms with van der Waals surface area (Å²) in [4.78, 5) is 22.4. The van der Waals surface area contributed by atoms with E-state index in [1.165, 1.54) is 42.5 Å². The minimum Gasteiger partial charge on any atom is -0.322 e. The van der Waals surface area contributed by atoms with Gasteiger partial charge in [0.1, 0.15) is 0 Å². The highest BCUT2D eigenvalue weighted by molar-refractivity contribution is 7.92. The van der Waals surface area contributed by atoms with Crippen LogP contribution in [-0.2, 0) is 10.0 Å². The minimum absolute atomic E-state index is 0.206. The van der Waals surface area contributed by atoms with Gasteiger partial charge in [0.25, 0.3) is 21.6 Å². The third kappa shape index (κ3) is 4.76. The van der Waals surface area contributed by atoms with E-state index in [1.54, 1.807) is 25.1 Å². The van der Waals surface area contributed by atoms with E-state index in [-0.39, 0.29) is 22.2 Å². The molecule has 3 aromatic rings. The van der Waals surface area contributed by atoms with Gasteiger partial charge < -0.3 is 5.32 Å². The maximum atomic E-state index is 12.5. The summed E-state index contributed by atoms with van der Waals surface area (Å²) in [6, 6.07) is 15.6. The van der Waals surface area contributed by atoms with Gasteiger partial charge in [-0.2, -0.15) is 0 Å². The summed E-state index contributed by atoms with van der Waals surface area (Å²) >= 11 is 6.05. The molecule has 0 aliphatic carbocycles. The van der Waals surface area contributed by atoms with Crippen LogP contribution in [0.4, 0.5) is 17.1 Å². The smallest absolute Gasteiger partial charge is 0.270 e. The number of nitrogens with one attached hydrogen (secondary N) is 2. The first kappa shape index (κ1) is 21.3. The molecule has 30 heavy (non-hydrogen) atoms. The lowest BCUT2D eigenvalue weighted by atomic mass is 10.1. The average Bonchev–Trinajstić information content (AvgIpc) is 2.71. The third-order valence-corrected chi connectivity index (χ3v) is 6.04. The number of hydrogen-bond acceptors (Lipinski definition) is 5. The van der Waals surface area contributed by atoms with E-state index in [9.17, 15) is 23.3 Å². The molecule has 3 aromatic carbocycles. The summed E-state index contributed by atoms with van der Waals surface area (Å²) < 4.78 is 27.3. The van der Waals surface area contributed by atoms with Crippen LogP contribution < -0.4 is 10.0 Å². The minimum atomic E-state index is -4.03. The van der Waals surface area contributed by atoms with Crippen LogP contribution in [0.25, 0.3) is 0 Å². The molecule has 0 spiro atoms. The van der Waals surface area contributed by atoms with E-state index < -0.39 is 14.9 Å². The quantitative estimate of drug-likeness (QED) is 0.424. The summed E-state index contributed by atoms with van der Waals surface area (Å²) in [7, 11) is -4.03. The summed E-state index contributed by atoms with van der Waals surface area (Å²) in [5.41, 5.74) is 1.49. The largest absolute Gasteiger partial charge is 0.322 e. The van der Waals surface area contributed by atoms with Crippen LogP contribution in [0, 0.1) is 17.0 Å². The molecule has 0 unspecified atom stereocenters. The zero-order valence-corrected chi connectivity index (χ0v) is 17.2. The molecule has 0 radical (unpaired) electrons. The predicted molar refractivity (Wildman–Crippen MR) is 114 cm³/mol. The van der Waals surface area contributed by atoms with Crippen molar-refractivity contribution in [3.8, 4) is 0 Å². The first-order chi connectivity index (χ1) is 14.2. The molecule has 0 bridgehead atoms. The predicted octanol–water partition coefficient (Wildman–Crippen LogP) is 4.61. The molecule has 3 rings (SSSR count). The van der Waals surface area contributed by atoms with Crippen molar-refractivity contribution in [3.63, 3.8) is 0 Å². The number of amides is 1. The fourth-order valence-corrected chi connectivity index (χ4v) is 3.88. The number of nitro benzene ring substituents is 1. The van der Waals surface area contributed by atoms with E-state index in [2.05, 4.69) is 10.0 Å². The zero-order valence-electron chi connectivity index (χ0n) is 15.6. The Labute approximate surface area is 177 Å². The summed E-state index contributed by atoms with van der Waals surface area (Å²) in [5.74, 6) is -0.381. The van der Waals surface area contributed by atoms with E-state index in [1.807, 2.05) is 0 Å². The maximum Gasteiger partial charge on any atom is 0.270 e. The fraction of sp³-hybridized carbons (Fsp3) is 0.0500. The molecule has 0 fully saturated rings. The van der Waals surface area contributed by atoms with E-state index in [0.717, 1.165) is 11.6 Å². The molecule has 0 aliphatic heterocycles. The number of carbonyl (C=O) groups is 1. The van der Waals surface area contributed by atoms with Crippen LogP contribution >= 0.6 is 11.6 Å². The lowest BCUT2D eigenvalue weighted by Crippen LogP contribution is -2.14. The Morgan fingerprint density at radius 2 is 1.70 bits per heavy atom. The topological polar surface area (TPSA) is 118 Å². The number of hydrogen-bond donors (Lipinski definition) is 2. The van der Waals surface area contributed by atoms with Crippen molar-refractivity contribution in [2.45, 2.75) is 11.8 Å². The van der Waals surface area contributed by atoms with E-state index >= 15 is 0 Å². The second-order valence-corrected chi connectivity index (χ2v) is 8.39. The first-order valence-electron chi connectivity index (χ1n) is 8.61. The van der Waals surface area contributed by atoms with Crippen molar-refractivity contribution in [1.29, 1.82) is 0 Å². The van der Waals surface area contributed by atoms with Crippen molar-refractivity contribution in [3.05, 3.63) is 93.0 Å². The molecule has 0 aromatic heterocycles. The first-order valence-corrected chi connectivity index (χ1v) is 10.5. The van der Waals surface area contributed by atoms with Crippen LogP contribution in [-0.4, -0.2) is 19.2 Å². The number of sulfonamides is 1. The van der Waals surface area contributed by atoms with Crippen LogP contribution in [0.1, 0.15) is 15.9 Å². The Hall–Kier alpha value is -3.43. The van der Waals surface area contributed by atoms with Crippen LogP contribution in [0.15, 0.2) is 71.6 Å². The molecule has 1 amide bonds. The summed E-state index contributed by atoms with van der Waals surface area (Å²) in [5, 5.41) is 14.1. The molecule has 10 heteroatoms. The van der Waals surface area contributed by atoms with Crippen molar-refractivity contribution >= 4 is 44.6 Å². The van der Waals surface area contributed by atoms with Crippen molar-refractivity contribution < 1.29 is 18.1 Å². The van der Waals surface area contributed by atoms with Gasteiger partial charge in [0.05, 0.1) is 9.82 Å². The molecule has 0 saturated heterocycles. The molecule has 0 aliphatic rings. The maximum absolute atomic E-state index is 12.5. The number of carbonyl (C=O) groups excluding carboxylic acids is 1. The monoisotopic (exact) mass is 445 g/mol. The molecular weight excluding hydrogens is 430 g/mol. The fourth-order valence-electron chi connectivity index (χ4n) is 2.61. The highest BCUT2D eigenvalue weighted by Crippen LogP contribution is 2.24. The number of benzene rings is 3. The molecule has 154 valence electrons. The number of non-ortho nitro benzene ring substituents is 1. The van der Waals surface area contributed by atoms with E-state index in [0.29, 0.717) is 16.3 Å². The van der Waals surface area contributed by atoms with E-state index in [4.69, 9.17) is 11.6 Å². The number of anilines is 2. The van der Waals surface area contributed by atoms with Crippen LogP contribution in [0.2, 0.25) is 5.02 Å². The lowest BCUT2D eigenvalue weighted by Gasteiger charge is -2.11. The van der Waals surface area contributed by atoms with Crippen molar-refractivity contribution in [2.75, 3.05) is 10.0 Å². The highest BCUT2D eigenvalue weighted by atomic mass is 35.5. The Morgan fingerprint density at radius 1 is 1.03 bits per heavy atom. The lowest BCUT2D eigenvalue weighted by molar-refractivity contribution is -0.385. The number of nitro groups is 1. The van der Waals surface area contributed by atoms with Gasteiger partial charge in [-0.15, -0.1) is 0 Å². The molecular formula is C20H16ClN3O5S. The Kier molecular flexibility index (Phi) is 6.04. The molecule has 8 nitrogen and oxygen atoms in total.